The lowest BCUT2D eigenvalue weighted by atomic mass is 10.1. The lowest BCUT2D eigenvalue weighted by molar-refractivity contribution is 0.102. The van der Waals surface area contributed by atoms with Gasteiger partial charge in [0.05, 0.1) is 24.3 Å². The van der Waals surface area contributed by atoms with Gasteiger partial charge < -0.3 is 15.0 Å². The number of carbonyl (C=O) groups excluding carboxylic acids is 1. The minimum absolute atomic E-state index is 0.141. The third-order valence-corrected chi connectivity index (χ3v) is 5.40. The molecule has 0 spiro atoms. The zero-order valence-electron chi connectivity index (χ0n) is 15.0. The van der Waals surface area contributed by atoms with Gasteiger partial charge in [-0.2, -0.15) is 0 Å². The molecule has 0 radical (unpaired) electrons. The third-order valence-electron chi connectivity index (χ3n) is 4.71. The Morgan fingerprint density at radius 1 is 1.15 bits per heavy atom. The molecule has 3 aromatic rings. The quantitative estimate of drug-likeness (QED) is 0.675. The molecule has 1 aromatic heterocycles. The second-order valence-electron chi connectivity index (χ2n) is 6.56. The van der Waals surface area contributed by atoms with Crippen LogP contribution in [0.4, 0.5) is 11.5 Å². The van der Waals surface area contributed by atoms with Crippen molar-refractivity contribution in [3.05, 3.63) is 64.1 Å². The van der Waals surface area contributed by atoms with Crippen LogP contribution in [-0.2, 0) is 4.74 Å². The average Bonchev–Trinajstić information content (AvgIpc) is 2.69. The standard InChI is InChI=1S/C21H20BrN3O2/c1-14-12-20(25-8-10-27-11-9-25)24-19-7-6-15(13-17(14)19)23-21(26)16-4-2-3-5-18(16)22/h2-7,12-13H,8-11H2,1H3,(H,23,26). The average molecular weight is 426 g/mol. The first-order chi connectivity index (χ1) is 13.1. The molecule has 5 nitrogen and oxygen atoms in total. The highest BCUT2D eigenvalue weighted by Crippen LogP contribution is 2.26. The summed E-state index contributed by atoms with van der Waals surface area (Å²) >= 11 is 3.42. The van der Waals surface area contributed by atoms with Gasteiger partial charge in [-0.15, -0.1) is 0 Å². The highest BCUT2D eigenvalue weighted by Gasteiger charge is 2.15. The van der Waals surface area contributed by atoms with Crippen molar-refractivity contribution in [2.45, 2.75) is 6.92 Å². The number of aromatic nitrogens is 1. The van der Waals surface area contributed by atoms with Crippen LogP contribution in [0.15, 0.2) is 53.0 Å². The fraction of sp³-hybridized carbons (Fsp3) is 0.238. The maximum Gasteiger partial charge on any atom is 0.256 e. The van der Waals surface area contributed by atoms with Gasteiger partial charge in [0.2, 0.25) is 0 Å². The number of carbonyl (C=O) groups is 1. The number of halogens is 1. The number of amides is 1. The molecule has 0 saturated carbocycles. The lowest BCUT2D eigenvalue weighted by Gasteiger charge is -2.28. The normalized spacial score (nSPS) is 14.4. The first-order valence-corrected chi connectivity index (χ1v) is 9.71. The zero-order valence-corrected chi connectivity index (χ0v) is 16.6. The van der Waals surface area contributed by atoms with E-state index in [1.54, 1.807) is 6.07 Å². The number of fused-ring (bicyclic) bond motifs is 1. The van der Waals surface area contributed by atoms with E-state index in [1.807, 2.05) is 36.4 Å². The predicted molar refractivity (Wildman–Crippen MR) is 112 cm³/mol. The van der Waals surface area contributed by atoms with Crippen molar-refractivity contribution >= 4 is 44.2 Å². The highest BCUT2D eigenvalue weighted by molar-refractivity contribution is 9.10. The van der Waals surface area contributed by atoms with E-state index in [4.69, 9.17) is 9.72 Å². The van der Waals surface area contributed by atoms with Gasteiger partial charge in [0, 0.05) is 28.6 Å². The number of rotatable bonds is 3. The highest BCUT2D eigenvalue weighted by atomic mass is 79.9. The summed E-state index contributed by atoms with van der Waals surface area (Å²) in [6, 6.07) is 15.3. The van der Waals surface area contributed by atoms with E-state index in [-0.39, 0.29) is 5.91 Å². The van der Waals surface area contributed by atoms with Crippen molar-refractivity contribution in [2.75, 3.05) is 36.5 Å². The number of nitrogens with one attached hydrogen (secondary N) is 1. The molecule has 0 atom stereocenters. The molecule has 0 aliphatic carbocycles. The van der Waals surface area contributed by atoms with Gasteiger partial charge in [-0.3, -0.25) is 4.79 Å². The second-order valence-corrected chi connectivity index (χ2v) is 7.42. The van der Waals surface area contributed by atoms with Gasteiger partial charge >= 0.3 is 0 Å². The molecule has 2 aromatic carbocycles. The van der Waals surface area contributed by atoms with E-state index in [0.717, 1.165) is 58.7 Å². The van der Waals surface area contributed by atoms with E-state index in [0.29, 0.717) is 5.56 Å². The van der Waals surface area contributed by atoms with E-state index in [9.17, 15) is 4.79 Å². The third kappa shape index (κ3) is 3.82. The van der Waals surface area contributed by atoms with Gasteiger partial charge in [0.1, 0.15) is 5.82 Å². The molecule has 1 aliphatic heterocycles. The number of pyridine rings is 1. The number of hydrogen-bond donors (Lipinski definition) is 1. The molecule has 6 heteroatoms. The first kappa shape index (κ1) is 17.9. The molecule has 1 fully saturated rings. The monoisotopic (exact) mass is 425 g/mol. The first-order valence-electron chi connectivity index (χ1n) is 8.92. The molecule has 138 valence electrons. The van der Waals surface area contributed by atoms with Crippen LogP contribution < -0.4 is 10.2 Å². The fourth-order valence-electron chi connectivity index (χ4n) is 3.25. The Morgan fingerprint density at radius 2 is 1.93 bits per heavy atom. The van der Waals surface area contributed by atoms with Crippen LogP contribution in [0.3, 0.4) is 0 Å². The Hall–Kier alpha value is -2.44. The fourth-order valence-corrected chi connectivity index (χ4v) is 3.72. The Bertz CT molecular complexity index is 1000. The Morgan fingerprint density at radius 3 is 2.70 bits per heavy atom. The van der Waals surface area contributed by atoms with Crippen molar-refractivity contribution in [2.24, 2.45) is 0 Å². The van der Waals surface area contributed by atoms with Crippen molar-refractivity contribution in [1.82, 2.24) is 4.98 Å². The molecular weight excluding hydrogens is 406 g/mol. The molecule has 2 heterocycles. The van der Waals surface area contributed by atoms with Crippen molar-refractivity contribution in [1.29, 1.82) is 0 Å². The van der Waals surface area contributed by atoms with Gasteiger partial charge in [0.15, 0.2) is 0 Å². The van der Waals surface area contributed by atoms with Crippen LogP contribution >= 0.6 is 15.9 Å². The Labute approximate surface area is 166 Å². The number of anilines is 2. The van der Waals surface area contributed by atoms with Gasteiger partial charge in [-0.05, 0) is 64.8 Å². The summed E-state index contributed by atoms with van der Waals surface area (Å²) in [5, 5.41) is 4.01. The van der Waals surface area contributed by atoms with Crippen molar-refractivity contribution < 1.29 is 9.53 Å². The number of aryl methyl sites for hydroxylation is 1. The minimum atomic E-state index is -0.141. The van der Waals surface area contributed by atoms with E-state index in [2.05, 4.69) is 39.1 Å². The SMILES string of the molecule is Cc1cc(N2CCOCC2)nc2ccc(NC(=O)c3ccccc3Br)cc12. The number of nitrogens with zero attached hydrogens (tertiary/aromatic N) is 2. The Balaban J connectivity index is 1.61. The Kier molecular flexibility index (Phi) is 5.09. The van der Waals surface area contributed by atoms with Crippen molar-refractivity contribution in [3.63, 3.8) is 0 Å². The maximum absolute atomic E-state index is 12.5. The van der Waals surface area contributed by atoms with Crippen LogP contribution in [-0.4, -0.2) is 37.2 Å². The summed E-state index contributed by atoms with van der Waals surface area (Å²) < 4.78 is 6.20. The number of morpholine rings is 1. The predicted octanol–water partition coefficient (Wildman–Crippen LogP) is 4.39. The summed E-state index contributed by atoms with van der Waals surface area (Å²) in [4.78, 5) is 19.6. The number of ether oxygens (including phenoxy) is 1. The van der Waals surface area contributed by atoms with E-state index >= 15 is 0 Å². The zero-order chi connectivity index (χ0) is 18.8. The lowest BCUT2D eigenvalue weighted by Crippen LogP contribution is -2.36. The van der Waals surface area contributed by atoms with Crippen LogP contribution in [0.5, 0.6) is 0 Å². The molecule has 4 rings (SSSR count). The van der Waals surface area contributed by atoms with E-state index < -0.39 is 0 Å². The van der Waals surface area contributed by atoms with Crippen molar-refractivity contribution in [3.8, 4) is 0 Å². The maximum atomic E-state index is 12.5. The summed E-state index contributed by atoms with van der Waals surface area (Å²) in [6.07, 6.45) is 0. The number of hydrogen-bond acceptors (Lipinski definition) is 4. The molecule has 27 heavy (non-hydrogen) atoms. The molecule has 1 amide bonds. The van der Waals surface area contributed by atoms with Crippen LogP contribution in [0, 0.1) is 6.92 Å². The van der Waals surface area contributed by atoms with Crippen LogP contribution in [0.1, 0.15) is 15.9 Å². The van der Waals surface area contributed by atoms with Crippen LogP contribution in [0.25, 0.3) is 10.9 Å². The van der Waals surface area contributed by atoms with Gasteiger partial charge in [0.25, 0.3) is 5.91 Å². The summed E-state index contributed by atoms with van der Waals surface area (Å²) in [5.74, 6) is 0.839. The molecule has 1 saturated heterocycles. The minimum Gasteiger partial charge on any atom is -0.378 e. The topological polar surface area (TPSA) is 54.5 Å². The number of benzene rings is 2. The molecule has 1 N–H and O–H groups in total. The van der Waals surface area contributed by atoms with Crippen LogP contribution in [0.2, 0.25) is 0 Å². The van der Waals surface area contributed by atoms with Gasteiger partial charge in [-0.25, -0.2) is 4.98 Å². The van der Waals surface area contributed by atoms with Gasteiger partial charge in [-0.1, -0.05) is 12.1 Å². The molecular formula is C21H20BrN3O2. The smallest absolute Gasteiger partial charge is 0.256 e. The molecule has 0 unspecified atom stereocenters. The van der Waals surface area contributed by atoms with E-state index in [1.165, 1.54) is 0 Å². The molecule has 1 aliphatic rings. The largest absolute Gasteiger partial charge is 0.378 e. The second kappa shape index (κ2) is 7.66. The summed E-state index contributed by atoms with van der Waals surface area (Å²) in [7, 11) is 0. The summed E-state index contributed by atoms with van der Waals surface area (Å²) in [6.45, 7) is 5.26. The molecule has 0 bridgehead atoms. The summed E-state index contributed by atoms with van der Waals surface area (Å²) in [5.41, 5.74) is 3.43.